The van der Waals surface area contributed by atoms with Crippen LogP contribution in [0.15, 0.2) is 24.3 Å². The average molecular weight is 265 g/mol. The third kappa shape index (κ3) is 3.96. The average Bonchev–Trinajstić information content (AvgIpc) is 2.41. The van der Waals surface area contributed by atoms with Gasteiger partial charge in [0.05, 0.1) is 0 Å². The van der Waals surface area contributed by atoms with E-state index in [4.69, 9.17) is 4.74 Å². The molecule has 1 aromatic rings. The predicted molar refractivity (Wildman–Crippen MR) is 75.6 cm³/mol. The van der Waals surface area contributed by atoms with E-state index >= 15 is 0 Å². The third-order valence-corrected chi connectivity index (χ3v) is 3.53. The molecule has 0 saturated heterocycles. The second kappa shape index (κ2) is 7.14. The van der Waals surface area contributed by atoms with Crippen molar-refractivity contribution in [3.63, 3.8) is 0 Å². The molecule has 0 aliphatic rings. The van der Waals surface area contributed by atoms with Gasteiger partial charge in [0.15, 0.2) is 0 Å². The van der Waals surface area contributed by atoms with Gasteiger partial charge >= 0.3 is 5.97 Å². The van der Waals surface area contributed by atoms with Crippen molar-refractivity contribution in [1.82, 2.24) is 5.32 Å². The molecule has 0 aliphatic carbocycles. The minimum Gasteiger partial charge on any atom is -0.492 e. The zero-order valence-corrected chi connectivity index (χ0v) is 11.9. The molecule has 2 N–H and O–H groups in total. The summed E-state index contributed by atoms with van der Waals surface area (Å²) in [5, 5.41) is 12.4. The van der Waals surface area contributed by atoms with E-state index in [2.05, 4.69) is 5.32 Å². The van der Waals surface area contributed by atoms with Crippen LogP contribution in [0.2, 0.25) is 0 Å². The number of aliphatic carboxylic acids is 1. The summed E-state index contributed by atoms with van der Waals surface area (Å²) < 4.78 is 5.65. The summed E-state index contributed by atoms with van der Waals surface area (Å²) in [6.45, 7) is 6.73. The number of para-hydroxylation sites is 1. The van der Waals surface area contributed by atoms with Gasteiger partial charge in [-0.3, -0.25) is 10.1 Å². The molecular formula is C15H23NO3. The molecule has 4 heteroatoms. The molecule has 0 aliphatic heterocycles. The van der Waals surface area contributed by atoms with Crippen LogP contribution >= 0.6 is 0 Å². The van der Waals surface area contributed by atoms with Crippen LogP contribution in [0, 0.1) is 6.92 Å². The second-order valence-electron chi connectivity index (χ2n) is 4.64. The van der Waals surface area contributed by atoms with E-state index in [1.165, 1.54) is 0 Å². The molecule has 1 aromatic carbocycles. The molecule has 0 fully saturated rings. The van der Waals surface area contributed by atoms with Crippen LogP contribution in [-0.4, -0.2) is 29.8 Å². The highest BCUT2D eigenvalue weighted by Crippen LogP contribution is 2.17. The summed E-state index contributed by atoms with van der Waals surface area (Å²) in [6.07, 6.45) is 1.12. The van der Waals surface area contributed by atoms with E-state index in [0.29, 0.717) is 26.0 Å². The third-order valence-electron chi connectivity index (χ3n) is 3.53. The Kier molecular flexibility index (Phi) is 5.83. The molecule has 0 amide bonds. The minimum absolute atomic E-state index is 0.458. The largest absolute Gasteiger partial charge is 0.492 e. The molecule has 0 spiro atoms. The molecule has 1 rings (SSSR count). The molecule has 19 heavy (non-hydrogen) atoms. The smallest absolute Gasteiger partial charge is 0.323 e. The lowest BCUT2D eigenvalue weighted by atomic mass is 9.93. The highest BCUT2D eigenvalue weighted by Gasteiger charge is 2.33. The monoisotopic (exact) mass is 265 g/mol. The van der Waals surface area contributed by atoms with Crippen LogP contribution < -0.4 is 10.1 Å². The molecule has 0 bridgehead atoms. The fourth-order valence-electron chi connectivity index (χ4n) is 2.05. The normalized spacial score (nSPS) is 11.3. The van der Waals surface area contributed by atoms with Crippen LogP contribution in [-0.2, 0) is 4.79 Å². The zero-order chi connectivity index (χ0) is 14.3. The number of rotatable bonds is 8. The van der Waals surface area contributed by atoms with Crippen molar-refractivity contribution in [2.45, 2.75) is 39.2 Å². The van der Waals surface area contributed by atoms with E-state index in [1.54, 1.807) is 0 Å². The summed E-state index contributed by atoms with van der Waals surface area (Å²) in [4.78, 5) is 11.3. The first kappa shape index (κ1) is 15.5. The lowest BCUT2D eigenvalue weighted by molar-refractivity contribution is -0.145. The molecule has 4 nitrogen and oxygen atoms in total. The number of aryl methyl sites for hydroxylation is 1. The van der Waals surface area contributed by atoms with Crippen molar-refractivity contribution >= 4 is 5.97 Å². The number of carboxylic acids is 1. The summed E-state index contributed by atoms with van der Waals surface area (Å²) in [5.74, 6) is 0.0478. The summed E-state index contributed by atoms with van der Waals surface area (Å²) in [6, 6.07) is 7.79. The number of ether oxygens (including phenoxy) is 1. The number of nitrogens with one attached hydrogen (secondary N) is 1. The van der Waals surface area contributed by atoms with E-state index < -0.39 is 11.5 Å². The topological polar surface area (TPSA) is 58.6 Å². The lowest BCUT2D eigenvalue weighted by Crippen LogP contribution is -2.52. The van der Waals surface area contributed by atoms with Crippen LogP contribution in [0.1, 0.15) is 32.3 Å². The van der Waals surface area contributed by atoms with E-state index in [1.807, 2.05) is 45.0 Å². The van der Waals surface area contributed by atoms with Crippen LogP contribution in [0.4, 0.5) is 0 Å². The first-order chi connectivity index (χ1) is 9.05. The maximum atomic E-state index is 11.3. The van der Waals surface area contributed by atoms with Gasteiger partial charge in [0, 0.05) is 6.54 Å². The number of benzene rings is 1. The van der Waals surface area contributed by atoms with Crippen molar-refractivity contribution in [2.24, 2.45) is 0 Å². The number of carbonyl (C=O) groups is 1. The lowest BCUT2D eigenvalue weighted by Gasteiger charge is -2.28. The summed E-state index contributed by atoms with van der Waals surface area (Å²) in [5.41, 5.74) is 0.243. The molecule has 0 saturated carbocycles. The van der Waals surface area contributed by atoms with Crippen molar-refractivity contribution in [1.29, 1.82) is 0 Å². The standard InChI is InChI=1S/C15H23NO3/c1-4-15(5-2,14(17)18)16-10-11-19-13-9-7-6-8-12(13)3/h6-9,16H,4-5,10-11H2,1-3H3,(H,17,18). The van der Waals surface area contributed by atoms with Crippen molar-refractivity contribution < 1.29 is 14.6 Å². The van der Waals surface area contributed by atoms with E-state index in [-0.39, 0.29) is 0 Å². The Morgan fingerprint density at radius 2 is 1.95 bits per heavy atom. The first-order valence-corrected chi connectivity index (χ1v) is 6.72. The predicted octanol–water partition coefficient (Wildman–Crippen LogP) is 2.61. The molecule has 0 radical (unpaired) electrons. The molecule has 0 atom stereocenters. The van der Waals surface area contributed by atoms with Gasteiger partial charge < -0.3 is 9.84 Å². The molecule has 0 unspecified atom stereocenters. The van der Waals surface area contributed by atoms with Gasteiger partial charge in [-0.05, 0) is 31.4 Å². The highest BCUT2D eigenvalue weighted by molar-refractivity contribution is 5.78. The fourth-order valence-corrected chi connectivity index (χ4v) is 2.05. The van der Waals surface area contributed by atoms with Gasteiger partial charge in [-0.2, -0.15) is 0 Å². The van der Waals surface area contributed by atoms with Gasteiger partial charge in [0.2, 0.25) is 0 Å². The van der Waals surface area contributed by atoms with Crippen LogP contribution in [0.3, 0.4) is 0 Å². The van der Waals surface area contributed by atoms with Gasteiger partial charge in [0.1, 0.15) is 17.9 Å². The molecule has 0 aromatic heterocycles. The Hall–Kier alpha value is -1.55. The Labute approximate surface area is 114 Å². The van der Waals surface area contributed by atoms with Gasteiger partial charge in [-0.15, -0.1) is 0 Å². The van der Waals surface area contributed by atoms with Crippen molar-refractivity contribution in [3.05, 3.63) is 29.8 Å². The highest BCUT2D eigenvalue weighted by atomic mass is 16.5. The van der Waals surface area contributed by atoms with Crippen molar-refractivity contribution in [2.75, 3.05) is 13.2 Å². The quantitative estimate of drug-likeness (QED) is 0.709. The number of hydrogen-bond donors (Lipinski definition) is 2. The summed E-state index contributed by atoms with van der Waals surface area (Å²) >= 11 is 0. The SMILES string of the molecule is CCC(CC)(NCCOc1ccccc1C)C(=O)O. The Balaban J connectivity index is 2.46. The van der Waals surface area contributed by atoms with E-state index in [0.717, 1.165) is 11.3 Å². The maximum Gasteiger partial charge on any atom is 0.323 e. The zero-order valence-electron chi connectivity index (χ0n) is 11.9. The Morgan fingerprint density at radius 1 is 1.32 bits per heavy atom. The van der Waals surface area contributed by atoms with Gasteiger partial charge in [0.25, 0.3) is 0 Å². The van der Waals surface area contributed by atoms with E-state index in [9.17, 15) is 9.90 Å². The second-order valence-corrected chi connectivity index (χ2v) is 4.64. The van der Waals surface area contributed by atoms with Crippen molar-refractivity contribution in [3.8, 4) is 5.75 Å². The van der Waals surface area contributed by atoms with Crippen LogP contribution in [0.5, 0.6) is 5.75 Å². The fraction of sp³-hybridized carbons (Fsp3) is 0.533. The number of hydrogen-bond acceptors (Lipinski definition) is 3. The molecule has 106 valence electrons. The van der Waals surface area contributed by atoms with Gasteiger partial charge in [-0.1, -0.05) is 32.0 Å². The molecule has 0 heterocycles. The van der Waals surface area contributed by atoms with Gasteiger partial charge in [-0.25, -0.2) is 0 Å². The Morgan fingerprint density at radius 3 is 2.47 bits per heavy atom. The maximum absolute atomic E-state index is 11.3. The van der Waals surface area contributed by atoms with Crippen LogP contribution in [0.25, 0.3) is 0 Å². The molecular weight excluding hydrogens is 242 g/mol. The summed E-state index contributed by atoms with van der Waals surface area (Å²) in [7, 11) is 0. The Bertz CT molecular complexity index is 414. The minimum atomic E-state index is -0.838. The number of carboxylic acid groups (broad SMARTS) is 1. The first-order valence-electron chi connectivity index (χ1n) is 6.72.